The fraction of sp³-hybridized carbons (Fsp3) is 0.357. The van der Waals surface area contributed by atoms with E-state index in [0.29, 0.717) is 22.9 Å². The van der Waals surface area contributed by atoms with E-state index in [-0.39, 0.29) is 23.7 Å². The van der Waals surface area contributed by atoms with Crippen molar-refractivity contribution in [3.63, 3.8) is 0 Å². The Balaban J connectivity index is 1.62. The van der Waals surface area contributed by atoms with E-state index in [1.54, 1.807) is 36.4 Å². The topological polar surface area (TPSA) is 54.0 Å². The van der Waals surface area contributed by atoms with E-state index in [4.69, 9.17) is 11.6 Å². The third-order valence-corrected chi connectivity index (χ3v) is 7.80. The lowest BCUT2D eigenvalue weighted by molar-refractivity contribution is -0.137. The number of amides is 2. The van der Waals surface area contributed by atoms with Crippen molar-refractivity contribution in [1.29, 1.82) is 0 Å². The highest BCUT2D eigenvalue weighted by atomic mass is 35.5. The molecule has 2 aromatic carbocycles. The van der Waals surface area contributed by atoms with E-state index in [9.17, 15) is 22.4 Å². The molecule has 2 fully saturated rings. The van der Waals surface area contributed by atoms with Crippen LogP contribution in [0.2, 0.25) is 5.02 Å². The summed E-state index contributed by atoms with van der Waals surface area (Å²) in [5, 5.41) is 6.29. The van der Waals surface area contributed by atoms with Crippen molar-refractivity contribution in [1.82, 2.24) is 15.6 Å². The van der Waals surface area contributed by atoms with Gasteiger partial charge in [-0.1, -0.05) is 48.4 Å². The van der Waals surface area contributed by atoms with Crippen LogP contribution in [0, 0.1) is 17.7 Å². The van der Waals surface area contributed by atoms with Crippen LogP contribution in [0.15, 0.2) is 66.9 Å². The predicted octanol–water partition coefficient (Wildman–Crippen LogP) is 6.87. The maximum absolute atomic E-state index is 14.7. The molecule has 194 valence electrons. The van der Waals surface area contributed by atoms with Gasteiger partial charge in [-0.25, -0.2) is 9.18 Å². The highest BCUT2D eigenvalue weighted by Gasteiger charge is 2.43. The molecular weight excluding hydrogens is 506 g/mol. The number of benzene rings is 2. The number of carbonyl (C=O) groups excluding carboxylic acids is 1. The Labute approximate surface area is 217 Å². The first-order chi connectivity index (χ1) is 17.6. The fourth-order valence-electron chi connectivity index (χ4n) is 5.87. The first-order valence-corrected chi connectivity index (χ1v) is 12.6. The van der Waals surface area contributed by atoms with Crippen molar-refractivity contribution in [3.8, 4) is 0 Å². The van der Waals surface area contributed by atoms with Crippen molar-refractivity contribution in [2.45, 2.75) is 49.9 Å². The van der Waals surface area contributed by atoms with Gasteiger partial charge in [0, 0.05) is 18.7 Å². The molecule has 0 spiro atoms. The number of alkyl halides is 3. The Morgan fingerprint density at radius 2 is 1.76 bits per heavy atom. The molecule has 0 unspecified atom stereocenters. The minimum atomic E-state index is -4.78. The van der Waals surface area contributed by atoms with Crippen LogP contribution in [0.1, 0.15) is 48.1 Å². The van der Waals surface area contributed by atoms with Crippen molar-refractivity contribution in [3.05, 3.63) is 100 Å². The Hall–Kier alpha value is -3.13. The number of carbonyl (C=O) groups is 1. The van der Waals surface area contributed by atoms with Gasteiger partial charge in [0.1, 0.15) is 11.4 Å². The summed E-state index contributed by atoms with van der Waals surface area (Å²) in [4.78, 5) is 17.9. The third kappa shape index (κ3) is 5.44. The van der Waals surface area contributed by atoms with Gasteiger partial charge in [0.25, 0.3) is 0 Å². The largest absolute Gasteiger partial charge is 0.416 e. The van der Waals surface area contributed by atoms with Crippen LogP contribution in [-0.4, -0.2) is 17.1 Å². The quantitative estimate of drug-likeness (QED) is 0.341. The number of hydrogen-bond acceptors (Lipinski definition) is 2. The number of pyridine rings is 1. The van der Waals surface area contributed by atoms with Gasteiger partial charge in [-0.15, -0.1) is 0 Å². The molecule has 0 saturated heterocycles. The summed E-state index contributed by atoms with van der Waals surface area (Å²) in [6, 6.07) is 13.9. The normalized spacial score (nSPS) is 22.5. The molecule has 2 saturated carbocycles. The molecule has 1 heterocycles. The molecule has 0 radical (unpaired) electrons. The Morgan fingerprint density at radius 1 is 1.00 bits per heavy atom. The summed E-state index contributed by atoms with van der Waals surface area (Å²) in [7, 11) is 0. The minimum Gasteiger partial charge on any atom is -0.335 e. The van der Waals surface area contributed by atoms with Gasteiger partial charge in [0.2, 0.25) is 0 Å². The van der Waals surface area contributed by atoms with Crippen LogP contribution in [0.3, 0.4) is 0 Å². The number of aromatic nitrogens is 1. The van der Waals surface area contributed by atoms with Gasteiger partial charge >= 0.3 is 12.2 Å². The van der Waals surface area contributed by atoms with E-state index < -0.39 is 29.1 Å². The molecule has 2 N–H and O–H groups in total. The van der Waals surface area contributed by atoms with Gasteiger partial charge in [-0.05, 0) is 72.6 Å². The minimum absolute atomic E-state index is 0.00963. The highest BCUT2D eigenvalue weighted by Crippen LogP contribution is 2.44. The predicted molar refractivity (Wildman–Crippen MR) is 132 cm³/mol. The summed E-state index contributed by atoms with van der Waals surface area (Å²) in [5.41, 5.74) is -1.87. The Bertz CT molecular complexity index is 1270. The van der Waals surface area contributed by atoms with Crippen molar-refractivity contribution >= 4 is 17.6 Å². The zero-order valence-electron chi connectivity index (χ0n) is 19.9. The summed E-state index contributed by atoms with van der Waals surface area (Å²) >= 11 is 6.06. The third-order valence-electron chi connectivity index (χ3n) is 7.58. The zero-order chi connectivity index (χ0) is 26.2. The lowest BCUT2D eigenvalue weighted by Crippen LogP contribution is -2.55. The second-order valence-electron chi connectivity index (χ2n) is 10.0. The molecule has 37 heavy (non-hydrogen) atoms. The first-order valence-electron chi connectivity index (χ1n) is 12.3. The van der Waals surface area contributed by atoms with Crippen LogP contribution >= 0.6 is 11.6 Å². The van der Waals surface area contributed by atoms with Crippen molar-refractivity contribution < 1.29 is 22.4 Å². The van der Waals surface area contributed by atoms with Gasteiger partial charge in [0.05, 0.1) is 16.3 Å². The molecule has 1 aromatic heterocycles. The smallest absolute Gasteiger partial charge is 0.335 e. The molecule has 3 aromatic rings. The number of hydrogen-bond donors (Lipinski definition) is 2. The molecule has 9 heteroatoms. The Morgan fingerprint density at radius 3 is 2.38 bits per heavy atom. The molecule has 2 amide bonds. The average molecular weight is 532 g/mol. The molecule has 2 bridgehead atoms. The van der Waals surface area contributed by atoms with E-state index in [2.05, 4.69) is 15.6 Å². The number of nitrogens with one attached hydrogen (secondary N) is 2. The summed E-state index contributed by atoms with van der Waals surface area (Å²) in [6.07, 6.45) is 0.749. The van der Waals surface area contributed by atoms with E-state index in [1.807, 2.05) is 6.07 Å². The number of rotatable bonds is 6. The van der Waals surface area contributed by atoms with Gasteiger partial charge in [-0.3, -0.25) is 4.98 Å². The second kappa shape index (κ2) is 9.97. The summed E-state index contributed by atoms with van der Waals surface area (Å²) in [5.74, 6) is -0.0923. The summed E-state index contributed by atoms with van der Waals surface area (Å²) in [6.45, 7) is 0. The molecule has 2 aliphatic carbocycles. The van der Waals surface area contributed by atoms with Gasteiger partial charge < -0.3 is 10.6 Å². The molecule has 4 atom stereocenters. The molecule has 5 rings (SSSR count). The molecule has 4 nitrogen and oxygen atoms in total. The van der Waals surface area contributed by atoms with Gasteiger partial charge in [-0.2, -0.15) is 13.2 Å². The standard InChI is InChI=1S/C28H26ClF4N3O/c29-22-8-9-25(34-16-22)27(15-17-4-2-1-3-5-17,20-12-21(28(31,32)33)14-23(30)13-20)36-26(37)35-24-11-18-6-7-19(24)10-18/h1-5,8-9,12-14,16,18-19,24H,6-7,10-11,15H2,(H2,35,36,37)/t18-,19-,24+,27-/m0/s1. The maximum Gasteiger partial charge on any atom is 0.416 e. The SMILES string of the molecule is O=C(N[C@@H]1C[C@H]2CC[C@H]1C2)N[C@@](Cc1ccccc1)(c1cc(F)cc(C(F)(F)F)c1)c1ccc(Cl)cn1. The van der Waals surface area contributed by atoms with E-state index >= 15 is 0 Å². The molecule has 0 aliphatic heterocycles. The number of urea groups is 1. The first kappa shape index (κ1) is 25.5. The molecular formula is C28H26ClF4N3O. The molecule has 2 aliphatic rings. The van der Waals surface area contributed by atoms with Crippen LogP contribution < -0.4 is 10.6 Å². The summed E-state index contributed by atoms with van der Waals surface area (Å²) < 4.78 is 55.9. The van der Waals surface area contributed by atoms with Crippen LogP contribution in [0.5, 0.6) is 0 Å². The number of nitrogens with zero attached hydrogens (tertiary/aromatic N) is 1. The lowest BCUT2D eigenvalue weighted by Gasteiger charge is -2.36. The zero-order valence-corrected chi connectivity index (χ0v) is 20.6. The second-order valence-corrected chi connectivity index (χ2v) is 10.5. The average Bonchev–Trinajstić information content (AvgIpc) is 3.47. The van der Waals surface area contributed by atoms with Gasteiger partial charge in [0.15, 0.2) is 0 Å². The van der Waals surface area contributed by atoms with Crippen LogP contribution in [0.4, 0.5) is 22.4 Å². The number of fused-ring (bicyclic) bond motifs is 2. The number of halogens is 5. The van der Waals surface area contributed by atoms with Crippen LogP contribution in [-0.2, 0) is 18.1 Å². The highest BCUT2D eigenvalue weighted by molar-refractivity contribution is 6.30. The van der Waals surface area contributed by atoms with E-state index in [0.717, 1.165) is 43.4 Å². The maximum atomic E-state index is 14.7. The van der Waals surface area contributed by atoms with Crippen molar-refractivity contribution in [2.24, 2.45) is 11.8 Å². The Kier molecular flexibility index (Phi) is 6.88. The van der Waals surface area contributed by atoms with Crippen LogP contribution in [0.25, 0.3) is 0 Å². The van der Waals surface area contributed by atoms with Crippen molar-refractivity contribution in [2.75, 3.05) is 0 Å². The fourth-order valence-corrected chi connectivity index (χ4v) is 5.98. The monoisotopic (exact) mass is 531 g/mol. The lowest BCUT2D eigenvalue weighted by atomic mass is 9.79. The van der Waals surface area contributed by atoms with E-state index in [1.165, 1.54) is 6.20 Å².